The van der Waals surface area contributed by atoms with Crippen LogP contribution >= 0.6 is 0 Å². The smallest absolute Gasteiger partial charge is 0.303 e. The molecule has 1 saturated heterocycles. The lowest BCUT2D eigenvalue weighted by Gasteiger charge is -2.45. The second-order valence-corrected chi connectivity index (χ2v) is 14.1. The minimum Gasteiger partial charge on any atom is -0.493 e. The number of carboxylic acid groups (broad SMARTS) is 1. The number of hydrogen-bond donors (Lipinski definition) is 2. The van der Waals surface area contributed by atoms with Gasteiger partial charge in [-0.15, -0.1) is 0 Å². The third-order valence-electron chi connectivity index (χ3n) is 10.3. The first kappa shape index (κ1) is 34.4. The number of carboxylic acids is 1. The summed E-state index contributed by atoms with van der Waals surface area (Å²) in [7, 11) is 0. The maximum atomic E-state index is 14.8. The summed E-state index contributed by atoms with van der Waals surface area (Å²) < 4.78 is 6.20. The van der Waals surface area contributed by atoms with Crippen LogP contribution < -0.4 is 10.1 Å². The molecule has 0 radical (unpaired) electrons. The van der Waals surface area contributed by atoms with Crippen LogP contribution in [0.4, 0.5) is 0 Å². The predicted molar refractivity (Wildman–Crippen MR) is 191 cm³/mol. The summed E-state index contributed by atoms with van der Waals surface area (Å²) in [5.41, 5.74) is 9.93. The average molecular weight is 664 g/mol. The number of nitrogens with zero attached hydrogens (tertiary/aromatic N) is 2. The zero-order valence-electron chi connectivity index (χ0n) is 29.3. The Morgan fingerprint density at radius 1 is 0.939 bits per heavy atom. The molecule has 2 bridgehead atoms. The first-order valence-electron chi connectivity index (χ1n) is 17.7. The Labute approximate surface area is 290 Å². The Balaban J connectivity index is 1.25. The predicted octanol–water partition coefficient (Wildman–Crippen LogP) is 6.31. The van der Waals surface area contributed by atoms with Gasteiger partial charge in [-0.3, -0.25) is 14.4 Å². The number of amides is 2. The molecular weight excluding hydrogens is 614 g/mol. The number of carbonyl (C=O) groups excluding carboxylic acids is 2. The van der Waals surface area contributed by atoms with E-state index in [1.165, 1.54) is 27.8 Å². The third-order valence-corrected chi connectivity index (χ3v) is 10.3. The number of rotatable bonds is 13. The highest BCUT2D eigenvalue weighted by Gasteiger charge is 2.43. The van der Waals surface area contributed by atoms with Gasteiger partial charge in [-0.2, -0.15) is 0 Å². The first-order valence-corrected chi connectivity index (χ1v) is 17.7. The topological polar surface area (TPSA) is 99.2 Å². The number of aryl methyl sites for hydroxylation is 3. The number of ether oxygens (including phenoxy) is 1. The lowest BCUT2D eigenvalue weighted by Crippen LogP contribution is -2.62. The van der Waals surface area contributed by atoms with Gasteiger partial charge in [0.2, 0.25) is 5.91 Å². The van der Waals surface area contributed by atoms with Gasteiger partial charge in [0, 0.05) is 56.6 Å². The molecule has 2 N–H and O–H groups in total. The van der Waals surface area contributed by atoms with Crippen molar-refractivity contribution in [2.24, 2.45) is 0 Å². The zero-order valence-corrected chi connectivity index (χ0v) is 29.3. The van der Waals surface area contributed by atoms with E-state index in [2.05, 4.69) is 81.5 Å². The number of piperazine rings is 1. The zero-order chi connectivity index (χ0) is 34.7. The molecule has 1 saturated carbocycles. The van der Waals surface area contributed by atoms with Gasteiger partial charge in [0.15, 0.2) is 0 Å². The molecular formula is C41H49N3O5. The maximum Gasteiger partial charge on any atom is 0.303 e. The van der Waals surface area contributed by atoms with Crippen LogP contribution in [-0.4, -0.2) is 70.5 Å². The molecule has 258 valence electrons. The molecule has 8 nitrogen and oxygen atoms in total. The van der Waals surface area contributed by atoms with Crippen molar-refractivity contribution in [2.75, 3.05) is 19.7 Å². The van der Waals surface area contributed by atoms with Crippen LogP contribution in [0.25, 0.3) is 5.57 Å². The summed E-state index contributed by atoms with van der Waals surface area (Å²) in [6, 6.07) is 21.0. The molecule has 2 atom stereocenters. The molecule has 2 amide bonds. The highest BCUT2D eigenvalue weighted by Crippen LogP contribution is 2.38. The molecule has 1 aliphatic carbocycles. The molecule has 2 heterocycles. The van der Waals surface area contributed by atoms with Gasteiger partial charge in [0.25, 0.3) is 5.91 Å². The number of benzene rings is 3. The van der Waals surface area contributed by atoms with Crippen LogP contribution in [0.5, 0.6) is 5.75 Å². The number of hydrogen-bond acceptors (Lipinski definition) is 5. The fourth-order valence-corrected chi connectivity index (χ4v) is 7.30. The second-order valence-electron chi connectivity index (χ2n) is 14.1. The third kappa shape index (κ3) is 8.24. The number of fused-ring (bicyclic) bond motifs is 2. The van der Waals surface area contributed by atoms with E-state index in [0.717, 1.165) is 47.3 Å². The van der Waals surface area contributed by atoms with Crippen LogP contribution in [0.3, 0.4) is 0 Å². The van der Waals surface area contributed by atoms with Gasteiger partial charge in [-0.1, -0.05) is 54.6 Å². The van der Waals surface area contributed by atoms with Crippen molar-refractivity contribution >= 4 is 23.4 Å². The maximum absolute atomic E-state index is 14.8. The van der Waals surface area contributed by atoms with Crippen LogP contribution in [-0.2, 0) is 27.3 Å². The molecule has 0 unspecified atom stereocenters. The van der Waals surface area contributed by atoms with Crippen LogP contribution in [0, 0.1) is 27.7 Å². The molecule has 2 aliphatic heterocycles. The summed E-state index contributed by atoms with van der Waals surface area (Å²) in [4.78, 5) is 42.9. The lowest BCUT2D eigenvalue weighted by molar-refractivity contribution is -0.138. The van der Waals surface area contributed by atoms with Crippen molar-refractivity contribution < 1.29 is 24.2 Å². The Morgan fingerprint density at radius 2 is 1.69 bits per heavy atom. The Kier molecular flexibility index (Phi) is 10.5. The standard InChI is InChI=1S/C41H49N3O5/c1-26-20-28(3)29(4)37(21-26)49-19-18-30-12-14-31(15-13-30)35-22-33-24-43(38(45)10-7-11-39(46)47)25-36(42-33)40(35)41(48)44(34-16-17-34)23-32-9-6-5-8-27(32)2/h5-6,8-9,12-15,20-21,33-34,36,42H,7,10-11,16-19,22-25H2,1-4H3,(H,46,47)/t33-,36-/m1/s1. The number of nitrogens with one attached hydrogen (secondary N) is 1. The van der Waals surface area contributed by atoms with E-state index in [0.29, 0.717) is 39.1 Å². The van der Waals surface area contributed by atoms with E-state index in [1.807, 2.05) is 21.9 Å². The van der Waals surface area contributed by atoms with Gasteiger partial charge < -0.3 is 25.0 Å². The quantitative estimate of drug-likeness (QED) is 0.222. The lowest BCUT2D eigenvalue weighted by atomic mass is 9.82. The van der Waals surface area contributed by atoms with E-state index in [1.54, 1.807) is 0 Å². The molecule has 3 aliphatic rings. The number of aliphatic carboxylic acids is 1. The van der Waals surface area contributed by atoms with Crippen molar-refractivity contribution in [1.82, 2.24) is 15.1 Å². The molecule has 49 heavy (non-hydrogen) atoms. The summed E-state index contributed by atoms with van der Waals surface area (Å²) in [6.07, 6.45) is 3.88. The van der Waals surface area contributed by atoms with Gasteiger partial charge >= 0.3 is 5.97 Å². The summed E-state index contributed by atoms with van der Waals surface area (Å²) in [6.45, 7) is 10.5. The van der Waals surface area contributed by atoms with Crippen LogP contribution in [0.15, 0.2) is 66.2 Å². The molecule has 3 aromatic rings. The van der Waals surface area contributed by atoms with Crippen molar-refractivity contribution in [3.63, 3.8) is 0 Å². The Morgan fingerprint density at radius 3 is 2.41 bits per heavy atom. The largest absolute Gasteiger partial charge is 0.493 e. The van der Waals surface area contributed by atoms with Gasteiger partial charge in [-0.25, -0.2) is 0 Å². The molecule has 3 aromatic carbocycles. The van der Waals surface area contributed by atoms with Crippen LogP contribution in [0.2, 0.25) is 0 Å². The minimum atomic E-state index is -0.894. The highest BCUT2D eigenvalue weighted by molar-refractivity contribution is 6.03. The van der Waals surface area contributed by atoms with E-state index < -0.39 is 5.97 Å². The Hall–Kier alpha value is -4.43. The highest BCUT2D eigenvalue weighted by atomic mass is 16.5. The van der Waals surface area contributed by atoms with Crippen LogP contribution in [0.1, 0.15) is 77.5 Å². The van der Waals surface area contributed by atoms with E-state index in [9.17, 15) is 14.4 Å². The molecule has 0 spiro atoms. The minimum absolute atomic E-state index is 0.00793. The number of carbonyl (C=O) groups is 3. The van der Waals surface area contributed by atoms with Crippen molar-refractivity contribution in [2.45, 2.75) is 97.3 Å². The average Bonchev–Trinajstić information content (AvgIpc) is 3.91. The Bertz CT molecular complexity index is 1740. The summed E-state index contributed by atoms with van der Waals surface area (Å²) in [5.74, 6) is 0.0333. The van der Waals surface area contributed by atoms with Gasteiger partial charge in [0.05, 0.1) is 12.6 Å². The SMILES string of the molecule is Cc1cc(C)c(C)c(OCCc2ccc(C3=C(C(=O)N(Cc4ccccc4C)C4CC4)[C@H]4CN(C(=O)CCCC(=O)O)C[C@@H](C3)N4)cc2)c1. The first-order chi connectivity index (χ1) is 23.6. The van der Waals surface area contributed by atoms with E-state index in [-0.39, 0.29) is 42.8 Å². The van der Waals surface area contributed by atoms with Gasteiger partial charge in [-0.05, 0) is 104 Å². The monoisotopic (exact) mass is 663 g/mol. The molecule has 8 heteroatoms. The van der Waals surface area contributed by atoms with Crippen molar-refractivity contribution in [1.29, 1.82) is 0 Å². The second kappa shape index (κ2) is 15.0. The van der Waals surface area contributed by atoms with E-state index >= 15 is 0 Å². The van der Waals surface area contributed by atoms with Gasteiger partial charge in [0.1, 0.15) is 5.75 Å². The van der Waals surface area contributed by atoms with Crippen molar-refractivity contribution in [3.05, 3.63) is 105 Å². The fourth-order valence-electron chi connectivity index (χ4n) is 7.30. The fraction of sp³-hybridized carbons (Fsp3) is 0.439. The van der Waals surface area contributed by atoms with E-state index in [4.69, 9.17) is 9.84 Å². The molecule has 2 fully saturated rings. The molecule has 0 aromatic heterocycles. The normalized spacial score (nSPS) is 18.7. The molecule has 6 rings (SSSR count). The summed E-state index contributed by atoms with van der Waals surface area (Å²) >= 11 is 0. The summed E-state index contributed by atoms with van der Waals surface area (Å²) in [5, 5.41) is 12.8. The van der Waals surface area contributed by atoms with Crippen molar-refractivity contribution in [3.8, 4) is 5.75 Å².